The van der Waals surface area contributed by atoms with Gasteiger partial charge in [0.15, 0.2) is 0 Å². The number of sulfonamides is 1. The van der Waals surface area contributed by atoms with Crippen LogP contribution in [0.3, 0.4) is 0 Å². The van der Waals surface area contributed by atoms with Crippen molar-refractivity contribution in [3.8, 4) is 0 Å². The molecule has 0 unspecified atom stereocenters. The Hall–Kier alpha value is -1.47. The average Bonchev–Trinajstić information content (AvgIpc) is 2.52. The first-order valence-electron chi connectivity index (χ1n) is 7.13. The molecule has 0 radical (unpaired) electrons. The van der Waals surface area contributed by atoms with Crippen LogP contribution in [-0.2, 0) is 20.5 Å². The summed E-state index contributed by atoms with van der Waals surface area (Å²) in [6.45, 7) is 1.84. The topological polar surface area (TPSA) is 72.5 Å². The highest BCUT2D eigenvalue weighted by molar-refractivity contribution is 7.91. The summed E-state index contributed by atoms with van der Waals surface area (Å²) < 4.78 is 32.0. The first-order valence-corrected chi connectivity index (χ1v) is 9.91. The molecule has 0 amide bonds. The maximum atomic E-state index is 12.3. The molecule has 5 nitrogen and oxygen atoms in total. The molecule has 0 aromatic heterocycles. The van der Waals surface area contributed by atoms with Crippen LogP contribution in [0.1, 0.15) is 22.8 Å². The van der Waals surface area contributed by atoms with Crippen molar-refractivity contribution in [3.05, 3.63) is 62.6 Å². The van der Waals surface area contributed by atoms with Gasteiger partial charge in [0.05, 0.1) is 22.9 Å². The number of ether oxygens (including phenoxy) is 1. The van der Waals surface area contributed by atoms with E-state index >= 15 is 0 Å². The molecule has 0 fully saturated rings. The minimum atomic E-state index is -3.76. The molecule has 0 atom stereocenters. The number of halogens is 3. The molecule has 0 aliphatic carbocycles. The van der Waals surface area contributed by atoms with E-state index < -0.39 is 16.0 Å². The minimum Gasteiger partial charge on any atom is -0.462 e. The van der Waals surface area contributed by atoms with Crippen molar-refractivity contribution in [2.24, 2.45) is 0 Å². The second kappa shape index (κ2) is 8.27. The van der Waals surface area contributed by atoms with Crippen LogP contribution in [0, 0.1) is 0 Å². The standard InChI is InChI=1S/C16H14Cl3NO4S/c1-2-24-16(21)13-8-12(5-6-14(13)18)20-25(22,23)9-10-3-4-11(17)7-15(10)19/h3-8,20H,2,9H2,1H3. The Balaban J connectivity index is 2.22. The first-order chi connectivity index (χ1) is 11.7. The molecule has 2 aromatic rings. The highest BCUT2D eigenvalue weighted by atomic mass is 35.5. The molecule has 0 aliphatic rings. The predicted molar refractivity (Wildman–Crippen MR) is 100 cm³/mol. The van der Waals surface area contributed by atoms with Gasteiger partial charge in [-0.25, -0.2) is 13.2 Å². The maximum absolute atomic E-state index is 12.3. The summed E-state index contributed by atoms with van der Waals surface area (Å²) in [7, 11) is -3.76. The molecule has 134 valence electrons. The van der Waals surface area contributed by atoms with E-state index in [1.54, 1.807) is 13.0 Å². The van der Waals surface area contributed by atoms with Gasteiger partial charge >= 0.3 is 5.97 Å². The summed E-state index contributed by atoms with van der Waals surface area (Å²) in [5.41, 5.74) is 0.670. The van der Waals surface area contributed by atoms with Gasteiger partial charge in [-0.3, -0.25) is 4.72 Å². The molecule has 0 heterocycles. The van der Waals surface area contributed by atoms with Crippen molar-refractivity contribution in [3.63, 3.8) is 0 Å². The second-order valence-corrected chi connectivity index (χ2v) is 7.99. The van der Waals surface area contributed by atoms with Crippen LogP contribution in [-0.4, -0.2) is 21.0 Å². The number of carbonyl (C=O) groups excluding carboxylic acids is 1. The van der Waals surface area contributed by atoms with Crippen molar-refractivity contribution < 1.29 is 17.9 Å². The molecule has 0 saturated carbocycles. The summed E-state index contributed by atoms with van der Waals surface area (Å²) in [6.07, 6.45) is 0. The normalized spacial score (nSPS) is 11.2. The van der Waals surface area contributed by atoms with E-state index in [-0.39, 0.29) is 33.7 Å². The molecule has 9 heteroatoms. The van der Waals surface area contributed by atoms with E-state index in [9.17, 15) is 13.2 Å². The number of hydrogen-bond acceptors (Lipinski definition) is 4. The number of benzene rings is 2. The number of hydrogen-bond donors (Lipinski definition) is 1. The van der Waals surface area contributed by atoms with Crippen molar-refractivity contribution in [2.75, 3.05) is 11.3 Å². The van der Waals surface area contributed by atoms with Crippen LogP contribution in [0.15, 0.2) is 36.4 Å². The van der Waals surface area contributed by atoms with Gasteiger partial charge < -0.3 is 4.74 Å². The molecule has 2 aromatic carbocycles. The van der Waals surface area contributed by atoms with Crippen molar-refractivity contribution in [2.45, 2.75) is 12.7 Å². The Morgan fingerprint density at radius 1 is 1.08 bits per heavy atom. The molecule has 0 aliphatic heterocycles. The van der Waals surface area contributed by atoms with Crippen LogP contribution >= 0.6 is 34.8 Å². The lowest BCUT2D eigenvalue weighted by atomic mass is 10.2. The van der Waals surface area contributed by atoms with Crippen LogP contribution in [0.25, 0.3) is 0 Å². The van der Waals surface area contributed by atoms with Gasteiger partial charge in [0.1, 0.15) is 0 Å². The van der Waals surface area contributed by atoms with Crippen LogP contribution in [0.2, 0.25) is 15.1 Å². The third-order valence-corrected chi connectivity index (χ3v) is 5.25. The SMILES string of the molecule is CCOC(=O)c1cc(NS(=O)(=O)Cc2ccc(Cl)cc2Cl)ccc1Cl. The lowest BCUT2D eigenvalue weighted by Gasteiger charge is -2.11. The van der Waals surface area contributed by atoms with Crippen molar-refractivity contribution in [1.82, 2.24) is 0 Å². The molecule has 0 saturated heterocycles. The number of rotatable bonds is 6. The predicted octanol–water partition coefficient (Wildman–Crippen LogP) is 4.77. The highest BCUT2D eigenvalue weighted by Gasteiger charge is 2.17. The summed E-state index contributed by atoms with van der Waals surface area (Å²) in [6, 6.07) is 8.75. The number of esters is 1. The van der Waals surface area contributed by atoms with Crippen molar-refractivity contribution in [1.29, 1.82) is 0 Å². The largest absolute Gasteiger partial charge is 0.462 e. The monoisotopic (exact) mass is 421 g/mol. The Bertz CT molecular complexity index is 900. The summed E-state index contributed by atoms with van der Waals surface area (Å²) in [5.74, 6) is -0.977. The minimum absolute atomic E-state index is 0.0771. The third-order valence-electron chi connectivity index (χ3n) is 3.10. The Labute approximate surface area is 160 Å². The molecule has 0 spiro atoms. The lowest BCUT2D eigenvalue weighted by molar-refractivity contribution is 0.0526. The molecular formula is C16H14Cl3NO4S. The summed E-state index contributed by atoms with van der Waals surface area (Å²) >= 11 is 17.8. The highest BCUT2D eigenvalue weighted by Crippen LogP contribution is 2.25. The van der Waals surface area contributed by atoms with Gasteiger partial charge in [0.2, 0.25) is 10.0 Å². The molecule has 0 bridgehead atoms. The maximum Gasteiger partial charge on any atom is 0.339 e. The first kappa shape index (κ1) is 19.8. The van der Waals surface area contributed by atoms with Crippen LogP contribution in [0.4, 0.5) is 5.69 Å². The molecule has 2 rings (SSSR count). The molecule has 1 N–H and O–H groups in total. The van der Waals surface area contributed by atoms with Gasteiger partial charge in [-0.05, 0) is 42.8 Å². The zero-order chi connectivity index (χ0) is 18.6. The van der Waals surface area contributed by atoms with E-state index in [4.69, 9.17) is 39.5 Å². The fraction of sp³-hybridized carbons (Fsp3) is 0.188. The Kier molecular flexibility index (Phi) is 6.57. The van der Waals surface area contributed by atoms with E-state index in [1.165, 1.54) is 30.3 Å². The summed E-state index contributed by atoms with van der Waals surface area (Å²) in [5, 5.41) is 0.833. The quantitative estimate of drug-likeness (QED) is 0.681. The average molecular weight is 423 g/mol. The van der Waals surface area contributed by atoms with Crippen molar-refractivity contribution >= 4 is 56.5 Å². The van der Waals surface area contributed by atoms with Crippen LogP contribution < -0.4 is 4.72 Å². The van der Waals surface area contributed by atoms with Gasteiger partial charge in [0, 0.05) is 15.7 Å². The van der Waals surface area contributed by atoms with Gasteiger partial charge in [-0.1, -0.05) is 40.9 Å². The van der Waals surface area contributed by atoms with E-state index in [0.29, 0.717) is 10.6 Å². The second-order valence-electron chi connectivity index (χ2n) is 5.01. The zero-order valence-corrected chi connectivity index (χ0v) is 16.1. The Morgan fingerprint density at radius 3 is 2.44 bits per heavy atom. The third kappa shape index (κ3) is 5.51. The number of nitrogens with one attached hydrogen (secondary N) is 1. The van der Waals surface area contributed by atoms with E-state index in [1.807, 2.05) is 0 Å². The fourth-order valence-electron chi connectivity index (χ4n) is 2.01. The lowest BCUT2D eigenvalue weighted by Crippen LogP contribution is -2.16. The van der Waals surface area contributed by atoms with E-state index in [0.717, 1.165) is 0 Å². The van der Waals surface area contributed by atoms with Gasteiger partial charge in [0.25, 0.3) is 0 Å². The van der Waals surface area contributed by atoms with Gasteiger partial charge in [-0.15, -0.1) is 0 Å². The molecule has 25 heavy (non-hydrogen) atoms. The molecular weight excluding hydrogens is 409 g/mol. The smallest absolute Gasteiger partial charge is 0.339 e. The number of carbonyl (C=O) groups is 1. The van der Waals surface area contributed by atoms with E-state index in [2.05, 4.69) is 4.72 Å². The van der Waals surface area contributed by atoms with Crippen LogP contribution in [0.5, 0.6) is 0 Å². The van der Waals surface area contributed by atoms with Gasteiger partial charge in [-0.2, -0.15) is 0 Å². The summed E-state index contributed by atoms with van der Waals surface area (Å²) in [4.78, 5) is 11.8. The Morgan fingerprint density at radius 2 is 1.80 bits per heavy atom. The number of anilines is 1. The fourth-order valence-corrected chi connectivity index (χ4v) is 3.98. The zero-order valence-electron chi connectivity index (χ0n) is 13.1.